The minimum atomic E-state index is 0.408. The summed E-state index contributed by atoms with van der Waals surface area (Å²) in [7, 11) is 0. The van der Waals surface area contributed by atoms with Crippen LogP contribution in [-0.4, -0.2) is 43.8 Å². The number of morpholine rings is 1. The first-order valence-electron chi connectivity index (χ1n) is 4.78. The molecule has 3 heteroatoms. The smallest absolute Gasteiger partial charge is 0.0725 e. The Kier molecular flexibility index (Phi) is 3.98. The molecule has 0 radical (unpaired) electrons. The molecule has 1 rings (SSSR count). The lowest BCUT2D eigenvalue weighted by Gasteiger charge is -2.34. The van der Waals surface area contributed by atoms with Crippen molar-refractivity contribution in [1.29, 1.82) is 0 Å². The standard InChI is InChI=1S/C9H20N2O/c1-8(2)9-7-11(4-3-10)5-6-12-9/h8-9H,3-7,10H2,1-2H3. The molecule has 0 spiro atoms. The van der Waals surface area contributed by atoms with E-state index < -0.39 is 0 Å². The van der Waals surface area contributed by atoms with E-state index in [0.717, 1.165) is 32.8 Å². The first-order valence-corrected chi connectivity index (χ1v) is 4.78. The Morgan fingerprint density at radius 3 is 2.92 bits per heavy atom. The minimum absolute atomic E-state index is 0.408. The highest BCUT2D eigenvalue weighted by atomic mass is 16.5. The molecule has 1 aliphatic heterocycles. The Hall–Kier alpha value is -0.120. The van der Waals surface area contributed by atoms with Gasteiger partial charge in [-0.2, -0.15) is 0 Å². The lowest BCUT2D eigenvalue weighted by molar-refractivity contribution is -0.0493. The summed E-state index contributed by atoms with van der Waals surface area (Å²) in [5, 5.41) is 0. The summed E-state index contributed by atoms with van der Waals surface area (Å²) in [5.41, 5.74) is 5.50. The van der Waals surface area contributed by atoms with Crippen molar-refractivity contribution in [2.75, 3.05) is 32.8 Å². The van der Waals surface area contributed by atoms with Gasteiger partial charge in [-0.15, -0.1) is 0 Å². The van der Waals surface area contributed by atoms with Crippen LogP contribution < -0.4 is 5.73 Å². The second-order valence-corrected chi connectivity index (χ2v) is 3.74. The van der Waals surface area contributed by atoms with Gasteiger partial charge in [0, 0.05) is 26.2 Å². The summed E-state index contributed by atoms with van der Waals surface area (Å²) in [6.45, 7) is 9.13. The normalized spacial score (nSPS) is 26.5. The molecule has 1 fully saturated rings. The molecule has 0 bridgehead atoms. The maximum Gasteiger partial charge on any atom is 0.0725 e. The van der Waals surface area contributed by atoms with Crippen molar-refractivity contribution in [3.8, 4) is 0 Å². The average Bonchev–Trinajstić information content (AvgIpc) is 2.05. The summed E-state index contributed by atoms with van der Waals surface area (Å²) in [4.78, 5) is 2.38. The number of ether oxygens (including phenoxy) is 1. The third kappa shape index (κ3) is 2.73. The molecule has 3 nitrogen and oxygen atoms in total. The molecule has 0 aliphatic carbocycles. The summed E-state index contributed by atoms with van der Waals surface area (Å²) >= 11 is 0. The van der Waals surface area contributed by atoms with E-state index in [1.54, 1.807) is 0 Å². The lowest BCUT2D eigenvalue weighted by atomic mass is 10.1. The van der Waals surface area contributed by atoms with E-state index in [1.165, 1.54) is 0 Å². The molecule has 0 saturated carbocycles. The third-order valence-corrected chi connectivity index (χ3v) is 2.37. The van der Waals surface area contributed by atoms with Crippen molar-refractivity contribution >= 4 is 0 Å². The molecule has 1 saturated heterocycles. The van der Waals surface area contributed by atoms with E-state index >= 15 is 0 Å². The number of rotatable bonds is 3. The van der Waals surface area contributed by atoms with Crippen LogP contribution in [0.1, 0.15) is 13.8 Å². The molecular weight excluding hydrogens is 152 g/mol. The van der Waals surface area contributed by atoms with Crippen molar-refractivity contribution in [2.24, 2.45) is 11.7 Å². The fourth-order valence-electron chi connectivity index (χ4n) is 1.52. The monoisotopic (exact) mass is 172 g/mol. The van der Waals surface area contributed by atoms with E-state index in [2.05, 4.69) is 18.7 Å². The van der Waals surface area contributed by atoms with E-state index in [0.29, 0.717) is 12.0 Å². The highest BCUT2D eigenvalue weighted by Gasteiger charge is 2.21. The summed E-state index contributed by atoms with van der Waals surface area (Å²) < 4.78 is 5.63. The molecule has 72 valence electrons. The van der Waals surface area contributed by atoms with Crippen LogP contribution in [0.2, 0.25) is 0 Å². The van der Waals surface area contributed by atoms with Crippen LogP contribution in [0.5, 0.6) is 0 Å². The van der Waals surface area contributed by atoms with Crippen LogP contribution in [0.25, 0.3) is 0 Å². The number of nitrogens with two attached hydrogens (primary N) is 1. The molecule has 0 amide bonds. The Labute approximate surface area is 74.9 Å². The van der Waals surface area contributed by atoms with Gasteiger partial charge in [0.05, 0.1) is 12.7 Å². The fraction of sp³-hybridized carbons (Fsp3) is 1.00. The zero-order chi connectivity index (χ0) is 8.97. The summed E-state index contributed by atoms with van der Waals surface area (Å²) in [6.07, 6.45) is 0.408. The van der Waals surface area contributed by atoms with Crippen LogP contribution in [0, 0.1) is 5.92 Å². The van der Waals surface area contributed by atoms with E-state index in [1.807, 2.05) is 0 Å². The Morgan fingerprint density at radius 2 is 2.33 bits per heavy atom. The zero-order valence-corrected chi connectivity index (χ0v) is 8.12. The quantitative estimate of drug-likeness (QED) is 0.665. The van der Waals surface area contributed by atoms with E-state index in [4.69, 9.17) is 10.5 Å². The lowest BCUT2D eigenvalue weighted by Crippen LogP contribution is -2.46. The predicted molar refractivity (Wildman–Crippen MR) is 50.1 cm³/mol. The van der Waals surface area contributed by atoms with E-state index in [9.17, 15) is 0 Å². The topological polar surface area (TPSA) is 38.5 Å². The van der Waals surface area contributed by atoms with Gasteiger partial charge in [0.1, 0.15) is 0 Å². The van der Waals surface area contributed by atoms with Gasteiger partial charge in [-0.1, -0.05) is 13.8 Å². The van der Waals surface area contributed by atoms with Crippen molar-refractivity contribution in [3.63, 3.8) is 0 Å². The predicted octanol–water partition coefficient (Wildman–Crippen LogP) is 0.302. The number of hydrogen-bond acceptors (Lipinski definition) is 3. The first kappa shape index (κ1) is 9.96. The Balaban J connectivity index is 2.30. The van der Waals surface area contributed by atoms with Gasteiger partial charge in [0.2, 0.25) is 0 Å². The second-order valence-electron chi connectivity index (χ2n) is 3.74. The van der Waals surface area contributed by atoms with E-state index in [-0.39, 0.29) is 0 Å². The van der Waals surface area contributed by atoms with Crippen molar-refractivity contribution in [3.05, 3.63) is 0 Å². The largest absolute Gasteiger partial charge is 0.375 e. The van der Waals surface area contributed by atoms with Gasteiger partial charge in [-0.05, 0) is 5.92 Å². The molecule has 1 atom stereocenters. The zero-order valence-electron chi connectivity index (χ0n) is 8.12. The molecule has 1 heterocycles. The minimum Gasteiger partial charge on any atom is -0.375 e. The molecule has 0 aromatic carbocycles. The highest BCUT2D eigenvalue weighted by molar-refractivity contribution is 4.73. The number of hydrogen-bond donors (Lipinski definition) is 1. The maximum absolute atomic E-state index is 5.63. The SMILES string of the molecule is CC(C)C1CN(CCN)CCO1. The summed E-state index contributed by atoms with van der Waals surface area (Å²) in [6, 6.07) is 0. The van der Waals surface area contributed by atoms with Crippen LogP contribution in [0.3, 0.4) is 0 Å². The van der Waals surface area contributed by atoms with Crippen LogP contribution in [0.4, 0.5) is 0 Å². The third-order valence-electron chi connectivity index (χ3n) is 2.37. The van der Waals surface area contributed by atoms with Gasteiger partial charge < -0.3 is 10.5 Å². The molecule has 0 aromatic heterocycles. The van der Waals surface area contributed by atoms with Crippen molar-refractivity contribution in [2.45, 2.75) is 20.0 Å². The van der Waals surface area contributed by atoms with Gasteiger partial charge in [0.15, 0.2) is 0 Å². The van der Waals surface area contributed by atoms with Crippen LogP contribution >= 0.6 is 0 Å². The molecular formula is C9H20N2O. The van der Waals surface area contributed by atoms with Gasteiger partial charge in [-0.25, -0.2) is 0 Å². The molecule has 12 heavy (non-hydrogen) atoms. The van der Waals surface area contributed by atoms with Gasteiger partial charge >= 0.3 is 0 Å². The highest BCUT2D eigenvalue weighted by Crippen LogP contribution is 2.12. The molecule has 1 aliphatic rings. The van der Waals surface area contributed by atoms with Gasteiger partial charge in [0.25, 0.3) is 0 Å². The van der Waals surface area contributed by atoms with Crippen molar-refractivity contribution in [1.82, 2.24) is 4.90 Å². The molecule has 2 N–H and O–H groups in total. The molecule has 1 unspecified atom stereocenters. The Morgan fingerprint density at radius 1 is 1.58 bits per heavy atom. The van der Waals surface area contributed by atoms with Crippen molar-refractivity contribution < 1.29 is 4.74 Å². The Bertz CT molecular complexity index is 126. The first-order chi connectivity index (χ1) is 5.74. The summed E-state index contributed by atoms with van der Waals surface area (Å²) in [5.74, 6) is 0.616. The fourth-order valence-corrected chi connectivity index (χ4v) is 1.52. The maximum atomic E-state index is 5.63. The number of nitrogens with zero attached hydrogens (tertiary/aromatic N) is 1. The molecule has 0 aromatic rings. The second kappa shape index (κ2) is 4.80. The van der Waals surface area contributed by atoms with Gasteiger partial charge in [-0.3, -0.25) is 4.90 Å². The van der Waals surface area contributed by atoms with Crippen LogP contribution in [0.15, 0.2) is 0 Å². The average molecular weight is 172 g/mol. The van der Waals surface area contributed by atoms with Crippen LogP contribution in [-0.2, 0) is 4.74 Å².